The largest absolute Gasteiger partial charge is 0.493 e. The fourth-order valence-corrected chi connectivity index (χ4v) is 6.30. The van der Waals surface area contributed by atoms with Crippen molar-refractivity contribution in [2.75, 3.05) is 25.6 Å². The van der Waals surface area contributed by atoms with Crippen LogP contribution in [0, 0.1) is 11.8 Å². The van der Waals surface area contributed by atoms with E-state index < -0.39 is 0 Å². The number of carbonyl (C=O) groups excluding carboxylic acids is 1. The Labute approximate surface area is 192 Å². The minimum atomic E-state index is -0.0740. The minimum absolute atomic E-state index is 0.0372. The number of aromatic nitrogens is 2. The normalized spacial score (nSPS) is 25.7. The number of aromatic hydroxyl groups is 1. The molecule has 1 aliphatic heterocycles. The molecular weight excluding hydrogens is 404 g/mol. The molecule has 1 aromatic heterocycles. The Morgan fingerprint density at radius 2 is 1.88 bits per heavy atom. The van der Waals surface area contributed by atoms with Gasteiger partial charge in [-0.2, -0.15) is 4.98 Å². The van der Waals surface area contributed by atoms with Crippen LogP contribution >= 0.6 is 0 Å². The predicted octanol–water partition coefficient (Wildman–Crippen LogP) is 4.07. The summed E-state index contributed by atoms with van der Waals surface area (Å²) >= 11 is 0. The topological polar surface area (TPSA) is 78.8 Å². The summed E-state index contributed by atoms with van der Waals surface area (Å²) in [6.45, 7) is 3.99. The van der Waals surface area contributed by atoms with Crippen molar-refractivity contribution in [2.45, 2.75) is 96.2 Å². The van der Waals surface area contributed by atoms with Gasteiger partial charge in [-0.15, -0.1) is 0 Å². The number of ether oxygens (including phenoxy) is 1. The Morgan fingerprint density at radius 1 is 1.16 bits per heavy atom. The number of fused-ring (bicyclic) bond motifs is 1. The molecule has 32 heavy (non-hydrogen) atoms. The fourth-order valence-electron chi connectivity index (χ4n) is 6.30. The van der Waals surface area contributed by atoms with Crippen LogP contribution in [-0.4, -0.2) is 58.7 Å². The zero-order valence-corrected chi connectivity index (χ0v) is 20.1. The molecule has 2 saturated carbocycles. The third kappa shape index (κ3) is 4.87. The highest BCUT2D eigenvalue weighted by molar-refractivity contribution is 5.72. The first kappa shape index (κ1) is 23.3. The maximum atomic E-state index is 11.9. The molecule has 3 aliphatic rings. The number of carbonyl (C=O) groups is 1. The molecule has 0 spiro atoms. The van der Waals surface area contributed by atoms with E-state index in [2.05, 4.69) is 28.8 Å². The van der Waals surface area contributed by atoms with Gasteiger partial charge in [-0.05, 0) is 50.9 Å². The van der Waals surface area contributed by atoms with Crippen molar-refractivity contribution < 1.29 is 14.6 Å². The standard InChI is InChI=1S/C25H40N4O3/c1-4-22(17-10-12-18(13-11-17)24(31)32-3)28(2)25-26-21-14-15-29(16-20(21)23(30)27-25)19-8-6-5-7-9-19/h17-19,22H,4-16H2,1-3H3,(H,26,27,30)/t17?,18?,22-/m1/s1. The van der Waals surface area contributed by atoms with E-state index in [4.69, 9.17) is 9.72 Å². The van der Waals surface area contributed by atoms with Crippen molar-refractivity contribution in [1.29, 1.82) is 0 Å². The van der Waals surface area contributed by atoms with Gasteiger partial charge in [0.05, 0.1) is 18.7 Å². The molecule has 1 N–H and O–H groups in total. The summed E-state index contributed by atoms with van der Waals surface area (Å²) in [7, 11) is 3.53. The summed E-state index contributed by atoms with van der Waals surface area (Å²) in [5.74, 6) is 1.25. The van der Waals surface area contributed by atoms with Crippen molar-refractivity contribution in [1.82, 2.24) is 14.9 Å². The second-order valence-electron chi connectivity index (χ2n) is 10.0. The molecular formula is C25H40N4O3. The molecule has 7 heteroatoms. The number of nitrogens with zero attached hydrogens (tertiary/aromatic N) is 4. The smallest absolute Gasteiger partial charge is 0.308 e. The van der Waals surface area contributed by atoms with Crippen LogP contribution in [0.1, 0.15) is 82.4 Å². The van der Waals surface area contributed by atoms with Crippen LogP contribution in [0.25, 0.3) is 0 Å². The highest BCUT2D eigenvalue weighted by Crippen LogP contribution is 2.36. The first-order valence-electron chi connectivity index (χ1n) is 12.6. The second-order valence-corrected chi connectivity index (χ2v) is 10.0. The molecule has 2 aliphatic carbocycles. The van der Waals surface area contributed by atoms with Gasteiger partial charge in [0.1, 0.15) is 0 Å². The molecule has 0 bridgehead atoms. The van der Waals surface area contributed by atoms with Crippen LogP contribution in [0.2, 0.25) is 0 Å². The van der Waals surface area contributed by atoms with Crippen molar-refractivity contribution in [3.63, 3.8) is 0 Å². The van der Waals surface area contributed by atoms with Crippen molar-refractivity contribution >= 4 is 11.9 Å². The van der Waals surface area contributed by atoms with Crippen LogP contribution in [0.4, 0.5) is 5.95 Å². The molecule has 0 amide bonds. The third-order valence-electron chi connectivity index (χ3n) is 8.23. The van der Waals surface area contributed by atoms with Crippen LogP contribution in [0.3, 0.4) is 0 Å². The molecule has 1 aromatic rings. The summed E-state index contributed by atoms with van der Waals surface area (Å²) in [6, 6.07) is 0.941. The molecule has 2 heterocycles. The van der Waals surface area contributed by atoms with Crippen LogP contribution in [-0.2, 0) is 22.5 Å². The predicted molar refractivity (Wildman–Crippen MR) is 125 cm³/mol. The van der Waals surface area contributed by atoms with E-state index in [-0.39, 0.29) is 17.8 Å². The SMILES string of the molecule is CC[C@H](C1CCC(C(=O)OC)CC1)N(C)c1nc(O)c2c(n1)CCN(C1CCCCC1)C2. The van der Waals surface area contributed by atoms with Crippen molar-refractivity contribution in [2.24, 2.45) is 11.8 Å². The van der Waals surface area contributed by atoms with Gasteiger partial charge in [-0.1, -0.05) is 26.2 Å². The van der Waals surface area contributed by atoms with E-state index in [0.717, 1.165) is 62.9 Å². The van der Waals surface area contributed by atoms with E-state index in [1.807, 2.05) is 0 Å². The summed E-state index contributed by atoms with van der Waals surface area (Å²) in [4.78, 5) is 26.1. The monoisotopic (exact) mass is 444 g/mol. The first-order valence-corrected chi connectivity index (χ1v) is 12.6. The molecule has 0 unspecified atom stereocenters. The number of anilines is 1. The van der Waals surface area contributed by atoms with Crippen LogP contribution in [0.15, 0.2) is 0 Å². The lowest BCUT2D eigenvalue weighted by Gasteiger charge is -2.39. The maximum absolute atomic E-state index is 11.9. The van der Waals surface area contributed by atoms with Crippen LogP contribution in [0.5, 0.6) is 5.88 Å². The van der Waals surface area contributed by atoms with Crippen molar-refractivity contribution in [3.05, 3.63) is 11.3 Å². The zero-order valence-electron chi connectivity index (χ0n) is 20.1. The average Bonchev–Trinajstić information content (AvgIpc) is 2.84. The van der Waals surface area contributed by atoms with E-state index in [1.54, 1.807) is 0 Å². The number of rotatable bonds is 6. The Balaban J connectivity index is 1.44. The van der Waals surface area contributed by atoms with E-state index >= 15 is 0 Å². The minimum Gasteiger partial charge on any atom is -0.493 e. The van der Waals surface area contributed by atoms with Crippen molar-refractivity contribution in [3.8, 4) is 5.88 Å². The van der Waals surface area contributed by atoms with Gasteiger partial charge in [0.2, 0.25) is 11.8 Å². The molecule has 0 radical (unpaired) electrons. The average molecular weight is 445 g/mol. The summed E-state index contributed by atoms with van der Waals surface area (Å²) in [5, 5.41) is 10.8. The molecule has 2 fully saturated rings. The summed E-state index contributed by atoms with van der Waals surface area (Å²) in [5.41, 5.74) is 1.93. The Kier molecular flexibility index (Phi) is 7.54. The lowest BCUT2D eigenvalue weighted by Crippen LogP contribution is -2.42. The van der Waals surface area contributed by atoms with Gasteiger partial charge in [-0.3, -0.25) is 9.69 Å². The molecule has 178 valence electrons. The van der Waals surface area contributed by atoms with Crippen LogP contribution < -0.4 is 4.90 Å². The summed E-state index contributed by atoms with van der Waals surface area (Å²) < 4.78 is 4.94. The molecule has 1 atom stereocenters. The number of hydrogen-bond acceptors (Lipinski definition) is 7. The van der Waals surface area contributed by atoms with Gasteiger partial charge >= 0.3 is 5.97 Å². The number of methoxy groups -OCH3 is 1. The molecule has 7 nitrogen and oxygen atoms in total. The van der Waals surface area contributed by atoms with Gasteiger partial charge < -0.3 is 14.7 Å². The lowest BCUT2D eigenvalue weighted by atomic mass is 9.77. The van der Waals surface area contributed by atoms with E-state index in [1.165, 1.54) is 39.2 Å². The molecule has 0 aromatic carbocycles. The first-order chi connectivity index (χ1) is 15.5. The fraction of sp³-hybridized carbons (Fsp3) is 0.800. The Morgan fingerprint density at radius 3 is 2.53 bits per heavy atom. The van der Waals surface area contributed by atoms with E-state index in [9.17, 15) is 9.90 Å². The summed E-state index contributed by atoms with van der Waals surface area (Å²) in [6.07, 6.45) is 12.2. The maximum Gasteiger partial charge on any atom is 0.308 e. The zero-order chi connectivity index (χ0) is 22.7. The quantitative estimate of drug-likeness (QED) is 0.663. The number of hydrogen-bond donors (Lipinski definition) is 1. The second kappa shape index (κ2) is 10.4. The Hall–Kier alpha value is -1.89. The van der Waals surface area contributed by atoms with E-state index in [0.29, 0.717) is 23.9 Å². The highest BCUT2D eigenvalue weighted by atomic mass is 16.5. The van der Waals surface area contributed by atoms with Gasteiger partial charge in [-0.25, -0.2) is 4.98 Å². The molecule has 4 rings (SSSR count). The van der Waals surface area contributed by atoms with Gasteiger partial charge in [0, 0.05) is 44.2 Å². The van der Waals surface area contributed by atoms with Gasteiger partial charge in [0.25, 0.3) is 0 Å². The lowest BCUT2D eigenvalue weighted by molar-refractivity contribution is -0.146. The number of esters is 1. The van der Waals surface area contributed by atoms with Gasteiger partial charge in [0.15, 0.2) is 0 Å². The third-order valence-corrected chi connectivity index (χ3v) is 8.23. The highest BCUT2D eigenvalue weighted by Gasteiger charge is 2.34. The Bertz CT molecular complexity index is 788. The molecule has 0 saturated heterocycles.